The quantitative estimate of drug-likeness (QED) is 0.565. The predicted molar refractivity (Wildman–Crippen MR) is 74.0 cm³/mol. The third-order valence-corrected chi connectivity index (χ3v) is 2.19. The summed E-state index contributed by atoms with van der Waals surface area (Å²) >= 11 is 0. The van der Waals surface area contributed by atoms with E-state index in [1.54, 1.807) is 20.8 Å². The van der Waals surface area contributed by atoms with Gasteiger partial charge in [0.2, 0.25) is 5.96 Å². The van der Waals surface area contributed by atoms with Crippen LogP contribution in [0.15, 0.2) is 24.3 Å². The molecule has 108 valence electrons. The smallest absolute Gasteiger partial charge is 0.421 e. The van der Waals surface area contributed by atoms with E-state index in [4.69, 9.17) is 21.0 Å². The number of amides is 1. The number of guanidine groups is 1. The summed E-state index contributed by atoms with van der Waals surface area (Å²) in [5.74, 6) is -1.59. The van der Waals surface area contributed by atoms with Crippen molar-refractivity contribution in [1.29, 1.82) is 5.41 Å². The van der Waals surface area contributed by atoms with Crippen molar-refractivity contribution in [2.75, 3.05) is 4.90 Å². The van der Waals surface area contributed by atoms with Gasteiger partial charge in [0.15, 0.2) is 0 Å². The summed E-state index contributed by atoms with van der Waals surface area (Å²) in [6.45, 7) is 5.07. The normalized spacial score (nSPS) is 10.8. The molecule has 1 aromatic rings. The minimum Gasteiger partial charge on any atom is -0.478 e. The minimum atomic E-state index is -1.08. The molecule has 0 aliphatic carbocycles. The van der Waals surface area contributed by atoms with E-state index in [1.807, 2.05) is 0 Å². The van der Waals surface area contributed by atoms with E-state index in [0.29, 0.717) is 0 Å². The number of carbonyl (C=O) groups is 2. The maximum Gasteiger partial charge on any atom is 0.421 e. The highest BCUT2D eigenvalue weighted by molar-refractivity contribution is 6.12. The van der Waals surface area contributed by atoms with Gasteiger partial charge in [-0.1, -0.05) is 0 Å². The molecule has 0 radical (unpaired) electrons. The van der Waals surface area contributed by atoms with Gasteiger partial charge in [-0.3, -0.25) is 5.41 Å². The van der Waals surface area contributed by atoms with Crippen molar-refractivity contribution in [3.8, 4) is 0 Å². The summed E-state index contributed by atoms with van der Waals surface area (Å²) in [4.78, 5) is 23.6. The van der Waals surface area contributed by atoms with Crippen LogP contribution in [0.3, 0.4) is 0 Å². The third-order valence-electron chi connectivity index (χ3n) is 2.19. The number of anilines is 1. The summed E-state index contributed by atoms with van der Waals surface area (Å²) < 4.78 is 5.14. The molecule has 7 heteroatoms. The molecular formula is C13H17N3O4. The molecule has 1 amide bonds. The molecule has 1 aromatic carbocycles. The lowest BCUT2D eigenvalue weighted by molar-refractivity contribution is 0.0602. The van der Waals surface area contributed by atoms with Gasteiger partial charge in [-0.05, 0) is 45.0 Å². The zero-order valence-corrected chi connectivity index (χ0v) is 11.5. The molecule has 0 bridgehead atoms. The van der Waals surface area contributed by atoms with Crippen LogP contribution in [0.2, 0.25) is 0 Å². The van der Waals surface area contributed by atoms with Crippen molar-refractivity contribution < 1.29 is 19.4 Å². The first-order valence-corrected chi connectivity index (χ1v) is 5.82. The molecule has 0 fully saturated rings. The average Bonchev–Trinajstić information content (AvgIpc) is 2.26. The van der Waals surface area contributed by atoms with Crippen molar-refractivity contribution in [1.82, 2.24) is 0 Å². The molecule has 20 heavy (non-hydrogen) atoms. The monoisotopic (exact) mass is 279 g/mol. The highest BCUT2D eigenvalue weighted by atomic mass is 16.6. The number of ether oxygens (including phenoxy) is 1. The van der Waals surface area contributed by atoms with Gasteiger partial charge < -0.3 is 15.6 Å². The molecule has 0 spiro atoms. The summed E-state index contributed by atoms with van der Waals surface area (Å²) in [6.07, 6.45) is -0.798. The van der Waals surface area contributed by atoms with Gasteiger partial charge in [-0.25, -0.2) is 14.5 Å². The van der Waals surface area contributed by atoms with E-state index in [9.17, 15) is 9.59 Å². The average molecular weight is 279 g/mol. The van der Waals surface area contributed by atoms with Crippen LogP contribution < -0.4 is 10.6 Å². The molecule has 7 nitrogen and oxygen atoms in total. The number of aromatic carboxylic acids is 1. The van der Waals surface area contributed by atoms with Crippen LogP contribution in [0.25, 0.3) is 0 Å². The molecule has 0 aliphatic rings. The lowest BCUT2D eigenvalue weighted by Gasteiger charge is -2.26. The SMILES string of the molecule is CC(C)(C)OC(=O)N(C(=N)N)c1ccc(C(=O)O)cc1. The number of carboxylic acid groups (broad SMARTS) is 1. The molecule has 0 unspecified atom stereocenters. The van der Waals surface area contributed by atoms with Crippen molar-refractivity contribution in [3.05, 3.63) is 29.8 Å². The molecule has 0 aromatic heterocycles. The first-order chi connectivity index (χ1) is 9.11. The van der Waals surface area contributed by atoms with Crippen molar-refractivity contribution >= 4 is 23.7 Å². The number of hydrogen-bond donors (Lipinski definition) is 3. The highest BCUT2D eigenvalue weighted by Crippen LogP contribution is 2.18. The molecule has 0 heterocycles. The molecular weight excluding hydrogens is 262 g/mol. The van der Waals surface area contributed by atoms with Gasteiger partial charge in [0.05, 0.1) is 11.3 Å². The Hall–Kier alpha value is -2.57. The zero-order chi connectivity index (χ0) is 15.5. The van der Waals surface area contributed by atoms with Crippen LogP contribution in [0.4, 0.5) is 10.5 Å². The van der Waals surface area contributed by atoms with Crippen molar-refractivity contribution in [2.24, 2.45) is 5.73 Å². The van der Waals surface area contributed by atoms with Gasteiger partial charge in [0.1, 0.15) is 5.60 Å². The summed E-state index contributed by atoms with van der Waals surface area (Å²) in [7, 11) is 0. The molecule has 0 saturated carbocycles. The number of nitrogens with two attached hydrogens (primary N) is 1. The van der Waals surface area contributed by atoms with Crippen LogP contribution in [0.5, 0.6) is 0 Å². The second kappa shape index (κ2) is 5.60. The van der Waals surface area contributed by atoms with Gasteiger partial charge in [0, 0.05) is 0 Å². The summed E-state index contributed by atoms with van der Waals surface area (Å²) in [5, 5.41) is 16.3. The second-order valence-electron chi connectivity index (χ2n) is 5.05. The molecule has 0 aliphatic heterocycles. The van der Waals surface area contributed by atoms with E-state index in [-0.39, 0.29) is 11.3 Å². The van der Waals surface area contributed by atoms with Crippen LogP contribution >= 0.6 is 0 Å². The van der Waals surface area contributed by atoms with Crippen molar-refractivity contribution in [3.63, 3.8) is 0 Å². The fourth-order valence-corrected chi connectivity index (χ4v) is 1.40. The Kier molecular flexibility index (Phi) is 4.34. The largest absolute Gasteiger partial charge is 0.478 e. The number of carbonyl (C=O) groups excluding carboxylic acids is 1. The van der Waals surface area contributed by atoms with E-state index >= 15 is 0 Å². The Balaban J connectivity index is 3.05. The fourth-order valence-electron chi connectivity index (χ4n) is 1.40. The number of nitrogens with one attached hydrogen (secondary N) is 1. The Morgan fingerprint density at radius 2 is 1.75 bits per heavy atom. The van der Waals surface area contributed by atoms with Crippen LogP contribution in [-0.2, 0) is 4.74 Å². The lowest BCUT2D eigenvalue weighted by atomic mass is 10.2. The Bertz CT molecular complexity index is 532. The van der Waals surface area contributed by atoms with Gasteiger partial charge in [-0.15, -0.1) is 0 Å². The topological polar surface area (TPSA) is 117 Å². The van der Waals surface area contributed by atoms with E-state index in [0.717, 1.165) is 4.90 Å². The lowest BCUT2D eigenvalue weighted by Crippen LogP contribution is -2.44. The van der Waals surface area contributed by atoms with Crippen LogP contribution in [0.1, 0.15) is 31.1 Å². The van der Waals surface area contributed by atoms with Crippen LogP contribution in [-0.4, -0.2) is 28.7 Å². The Morgan fingerprint density at radius 1 is 1.25 bits per heavy atom. The number of hydrogen-bond acceptors (Lipinski definition) is 4. The molecule has 0 atom stereocenters. The Morgan fingerprint density at radius 3 is 2.10 bits per heavy atom. The first-order valence-electron chi connectivity index (χ1n) is 5.82. The Labute approximate surface area is 116 Å². The molecule has 4 N–H and O–H groups in total. The second-order valence-corrected chi connectivity index (χ2v) is 5.05. The molecule has 0 saturated heterocycles. The molecule has 1 rings (SSSR count). The minimum absolute atomic E-state index is 0.0708. The van der Waals surface area contributed by atoms with Gasteiger partial charge in [0.25, 0.3) is 0 Å². The first kappa shape index (κ1) is 15.5. The highest BCUT2D eigenvalue weighted by Gasteiger charge is 2.25. The van der Waals surface area contributed by atoms with Gasteiger partial charge >= 0.3 is 12.1 Å². The van der Waals surface area contributed by atoms with Gasteiger partial charge in [-0.2, -0.15) is 0 Å². The zero-order valence-electron chi connectivity index (χ0n) is 11.5. The summed E-state index contributed by atoms with van der Waals surface area (Å²) in [5.41, 5.74) is 4.98. The summed E-state index contributed by atoms with van der Waals surface area (Å²) in [6, 6.07) is 5.40. The predicted octanol–water partition coefficient (Wildman–Crippen LogP) is 2.02. The van der Waals surface area contributed by atoms with Crippen molar-refractivity contribution in [2.45, 2.75) is 26.4 Å². The number of benzene rings is 1. The van der Waals surface area contributed by atoms with E-state index in [2.05, 4.69) is 0 Å². The maximum absolute atomic E-state index is 12.0. The van der Waals surface area contributed by atoms with E-state index in [1.165, 1.54) is 24.3 Å². The number of rotatable bonds is 2. The van der Waals surface area contributed by atoms with Crippen LogP contribution in [0, 0.1) is 5.41 Å². The number of nitrogens with zero attached hydrogens (tertiary/aromatic N) is 1. The maximum atomic E-state index is 12.0. The fraction of sp³-hybridized carbons (Fsp3) is 0.308. The third kappa shape index (κ3) is 3.98. The van der Waals surface area contributed by atoms with E-state index < -0.39 is 23.6 Å². The number of carboxylic acids is 1. The standard InChI is InChI=1S/C13H17N3O4/c1-13(2,3)20-12(19)16(11(14)15)9-6-4-8(5-7-9)10(17)18/h4-7H,1-3H3,(H3,14,15)(H,17,18).